The summed E-state index contributed by atoms with van der Waals surface area (Å²) >= 11 is 0. The minimum absolute atomic E-state index is 0.131. The molecule has 0 aromatic carbocycles. The number of carbonyl (C=O) groups is 3. The molecule has 0 aliphatic carbocycles. The highest BCUT2D eigenvalue weighted by molar-refractivity contribution is 5.94. The lowest BCUT2D eigenvalue weighted by atomic mass is 9.96. The molecule has 1 aliphatic heterocycles. The summed E-state index contributed by atoms with van der Waals surface area (Å²) in [6.45, 7) is 0.518. The fourth-order valence-electron chi connectivity index (χ4n) is 2.36. The number of carboxylic acid groups (broad SMARTS) is 1. The predicted molar refractivity (Wildman–Crippen MR) is 73.5 cm³/mol. The Morgan fingerprint density at radius 1 is 1.33 bits per heavy atom. The highest BCUT2D eigenvalue weighted by Gasteiger charge is 2.28. The van der Waals surface area contributed by atoms with Gasteiger partial charge in [-0.3, -0.25) is 19.4 Å². The van der Waals surface area contributed by atoms with E-state index in [1.54, 1.807) is 29.4 Å². The van der Waals surface area contributed by atoms with Gasteiger partial charge in [0.1, 0.15) is 6.54 Å². The number of aliphatic carboxylic acids is 1. The van der Waals surface area contributed by atoms with Crippen molar-refractivity contribution in [3.05, 3.63) is 30.1 Å². The van der Waals surface area contributed by atoms with E-state index in [0.717, 1.165) is 6.42 Å². The molecule has 0 saturated carbocycles. The highest BCUT2D eigenvalue weighted by atomic mass is 16.4. The van der Waals surface area contributed by atoms with E-state index in [4.69, 9.17) is 5.11 Å². The van der Waals surface area contributed by atoms with Crippen LogP contribution >= 0.6 is 0 Å². The van der Waals surface area contributed by atoms with Crippen LogP contribution in [0, 0.1) is 5.92 Å². The molecule has 1 aromatic heterocycles. The topological polar surface area (TPSA) is 99.6 Å². The van der Waals surface area contributed by atoms with E-state index in [1.165, 1.54) is 0 Å². The molecule has 7 nitrogen and oxygen atoms in total. The van der Waals surface area contributed by atoms with Crippen molar-refractivity contribution >= 4 is 17.8 Å². The molecule has 0 spiro atoms. The number of carboxylic acids is 1. The minimum atomic E-state index is -1.08. The Labute approximate surface area is 122 Å². The second-order valence-electron chi connectivity index (χ2n) is 4.94. The van der Waals surface area contributed by atoms with Gasteiger partial charge in [0.2, 0.25) is 5.91 Å². The maximum absolute atomic E-state index is 12.3. The number of nitrogens with one attached hydrogen (secondary N) is 1. The smallest absolute Gasteiger partial charge is 0.322 e. The molecular weight excluding hydrogens is 274 g/mol. The van der Waals surface area contributed by atoms with Gasteiger partial charge in [-0.05, 0) is 25.0 Å². The first-order chi connectivity index (χ1) is 10.1. The first-order valence-corrected chi connectivity index (χ1v) is 6.76. The van der Waals surface area contributed by atoms with Gasteiger partial charge in [-0.2, -0.15) is 0 Å². The third kappa shape index (κ3) is 4.01. The summed E-state index contributed by atoms with van der Waals surface area (Å²) in [7, 11) is 0. The molecular formula is C14H17N3O4. The fraction of sp³-hybridized carbons (Fsp3) is 0.429. The Morgan fingerprint density at radius 3 is 2.71 bits per heavy atom. The summed E-state index contributed by atoms with van der Waals surface area (Å²) in [5.74, 6) is -1.88. The molecule has 0 radical (unpaired) electrons. The molecule has 2 amide bonds. The van der Waals surface area contributed by atoms with Gasteiger partial charge < -0.3 is 15.3 Å². The van der Waals surface area contributed by atoms with Crippen molar-refractivity contribution in [2.45, 2.75) is 12.8 Å². The van der Waals surface area contributed by atoms with Gasteiger partial charge in [-0.1, -0.05) is 0 Å². The van der Waals surface area contributed by atoms with Crippen LogP contribution in [0.2, 0.25) is 0 Å². The van der Waals surface area contributed by atoms with Crippen molar-refractivity contribution in [2.75, 3.05) is 19.6 Å². The number of rotatable bonds is 4. The predicted octanol–water partition coefficient (Wildman–Crippen LogP) is 0.135. The van der Waals surface area contributed by atoms with E-state index in [2.05, 4.69) is 10.3 Å². The van der Waals surface area contributed by atoms with Gasteiger partial charge in [-0.25, -0.2) is 0 Å². The molecule has 1 saturated heterocycles. The zero-order valence-electron chi connectivity index (χ0n) is 11.5. The normalized spacial score (nSPS) is 18.1. The zero-order valence-corrected chi connectivity index (χ0v) is 11.5. The van der Waals surface area contributed by atoms with E-state index < -0.39 is 12.5 Å². The maximum Gasteiger partial charge on any atom is 0.322 e. The van der Waals surface area contributed by atoms with Crippen LogP contribution < -0.4 is 5.32 Å². The molecule has 1 atom stereocenters. The van der Waals surface area contributed by atoms with Crippen molar-refractivity contribution in [2.24, 2.45) is 5.92 Å². The van der Waals surface area contributed by atoms with Crippen LogP contribution in [0.5, 0.6) is 0 Å². The lowest BCUT2D eigenvalue weighted by Crippen LogP contribution is -2.46. The number of hydrogen-bond acceptors (Lipinski definition) is 4. The zero-order chi connectivity index (χ0) is 15.2. The van der Waals surface area contributed by atoms with Gasteiger partial charge in [0.15, 0.2) is 0 Å². The van der Waals surface area contributed by atoms with Crippen LogP contribution in [0.4, 0.5) is 0 Å². The number of piperidine rings is 1. The van der Waals surface area contributed by atoms with Crippen LogP contribution in [-0.2, 0) is 9.59 Å². The molecule has 2 rings (SSSR count). The van der Waals surface area contributed by atoms with Gasteiger partial charge in [0.25, 0.3) is 5.91 Å². The van der Waals surface area contributed by atoms with Crippen molar-refractivity contribution in [1.29, 1.82) is 0 Å². The molecule has 2 N–H and O–H groups in total. The van der Waals surface area contributed by atoms with E-state index in [-0.39, 0.29) is 17.7 Å². The number of carbonyl (C=O) groups excluding carboxylic acids is 2. The molecule has 112 valence electrons. The molecule has 1 fully saturated rings. The van der Waals surface area contributed by atoms with Gasteiger partial charge >= 0.3 is 5.97 Å². The number of amides is 2. The van der Waals surface area contributed by atoms with Crippen LogP contribution in [0.25, 0.3) is 0 Å². The number of likely N-dealkylation sites (tertiary alicyclic amines) is 1. The SMILES string of the molecule is O=C(O)CNC(=O)C1CCCN(C(=O)c2ccncc2)C1. The van der Waals surface area contributed by atoms with Crippen LogP contribution in [-0.4, -0.2) is 52.4 Å². The molecule has 2 heterocycles. The first-order valence-electron chi connectivity index (χ1n) is 6.76. The Kier molecular flexibility index (Phi) is 4.86. The average Bonchev–Trinajstić information content (AvgIpc) is 2.52. The van der Waals surface area contributed by atoms with Crippen molar-refractivity contribution in [3.63, 3.8) is 0 Å². The van der Waals surface area contributed by atoms with E-state index in [9.17, 15) is 14.4 Å². The van der Waals surface area contributed by atoms with Crippen LogP contribution in [0.3, 0.4) is 0 Å². The second kappa shape index (κ2) is 6.83. The third-order valence-corrected chi connectivity index (χ3v) is 3.42. The summed E-state index contributed by atoms with van der Waals surface area (Å²) in [5.41, 5.74) is 0.539. The summed E-state index contributed by atoms with van der Waals surface area (Å²) in [6, 6.07) is 3.27. The van der Waals surface area contributed by atoms with E-state index in [1.807, 2.05) is 0 Å². The number of aromatic nitrogens is 1. The Morgan fingerprint density at radius 2 is 2.05 bits per heavy atom. The standard InChI is InChI=1S/C14H17N3O4/c18-12(19)8-16-13(20)11-2-1-7-17(9-11)14(21)10-3-5-15-6-4-10/h3-6,11H,1-2,7-9H2,(H,16,20)(H,18,19). The molecule has 0 bridgehead atoms. The quantitative estimate of drug-likeness (QED) is 0.821. The fourth-order valence-corrected chi connectivity index (χ4v) is 2.36. The molecule has 7 heteroatoms. The Hall–Kier alpha value is -2.44. The van der Waals surface area contributed by atoms with Gasteiger partial charge in [0, 0.05) is 31.0 Å². The summed E-state index contributed by atoms with van der Waals surface area (Å²) in [5, 5.41) is 10.9. The van der Waals surface area contributed by atoms with Crippen molar-refractivity contribution in [1.82, 2.24) is 15.2 Å². The monoisotopic (exact) mass is 291 g/mol. The lowest BCUT2D eigenvalue weighted by molar-refractivity contribution is -0.138. The largest absolute Gasteiger partial charge is 0.480 e. The van der Waals surface area contributed by atoms with E-state index >= 15 is 0 Å². The van der Waals surface area contributed by atoms with Crippen molar-refractivity contribution < 1.29 is 19.5 Å². The van der Waals surface area contributed by atoms with Crippen LogP contribution in [0.1, 0.15) is 23.2 Å². The molecule has 21 heavy (non-hydrogen) atoms. The number of nitrogens with zero attached hydrogens (tertiary/aromatic N) is 2. The Balaban J connectivity index is 1.96. The summed E-state index contributed by atoms with van der Waals surface area (Å²) < 4.78 is 0. The number of pyridine rings is 1. The van der Waals surface area contributed by atoms with Gasteiger partial charge in [-0.15, -0.1) is 0 Å². The van der Waals surface area contributed by atoms with Gasteiger partial charge in [0.05, 0.1) is 5.92 Å². The first kappa shape index (κ1) is 15.0. The second-order valence-corrected chi connectivity index (χ2v) is 4.94. The Bertz CT molecular complexity index is 532. The minimum Gasteiger partial charge on any atom is -0.480 e. The summed E-state index contributed by atoms with van der Waals surface area (Å²) in [6.07, 6.45) is 4.48. The number of hydrogen-bond donors (Lipinski definition) is 2. The molecule has 1 aromatic rings. The molecule has 1 unspecified atom stereocenters. The summed E-state index contributed by atoms with van der Waals surface area (Å²) in [4.78, 5) is 40.1. The van der Waals surface area contributed by atoms with E-state index in [0.29, 0.717) is 25.1 Å². The van der Waals surface area contributed by atoms with Crippen LogP contribution in [0.15, 0.2) is 24.5 Å². The van der Waals surface area contributed by atoms with Crippen molar-refractivity contribution in [3.8, 4) is 0 Å². The third-order valence-electron chi connectivity index (χ3n) is 3.42. The molecule has 1 aliphatic rings. The average molecular weight is 291 g/mol. The lowest BCUT2D eigenvalue weighted by Gasteiger charge is -2.32. The highest BCUT2D eigenvalue weighted by Crippen LogP contribution is 2.18. The maximum atomic E-state index is 12.3.